The van der Waals surface area contributed by atoms with Crippen LogP contribution in [-0.4, -0.2) is 40.2 Å². The molecule has 1 aliphatic rings. The van der Waals surface area contributed by atoms with Gasteiger partial charge in [0.2, 0.25) is 5.91 Å². The average molecular weight is 352 g/mol. The van der Waals surface area contributed by atoms with Crippen molar-refractivity contribution in [2.75, 3.05) is 18.1 Å². The number of hydrogen-bond acceptors (Lipinski definition) is 7. The maximum absolute atomic E-state index is 12.0. The van der Waals surface area contributed by atoms with Crippen LogP contribution in [0, 0.1) is 0 Å². The van der Waals surface area contributed by atoms with Crippen molar-refractivity contribution >= 4 is 29.5 Å². The Morgan fingerprint density at radius 3 is 2.67 bits per heavy atom. The molecule has 0 spiro atoms. The van der Waals surface area contributed by atoms with Crippen molar-refractivity contribution in [2.45, 2.75) is 56.6 Å². The van der Waals surface area contributed by atoms with E-state index in [0.29, 0.717) is 5.16 Å². The van der Waals surface area contributed by atoms with Gasteiger partial charge in [-0.3, -0.25) is 4.79 Å². The van der Waals surface area contributed by atoms with Gasteiger partial charge in [0.15, 0.2) is 5.16 Å². The molecule has 0 radical (unpaired) electrons. The molecule has 0 aromatic carbocycles. The molecule has 0 aliphatic heterocycles. The third kappa shape index (κ3) is 5.67. The smallest absolute Gasteiger partial charge is 0.343 e. The average Bonchev–Trinajstić information content (AvgIpc) is 2.82. The summed E-state index contributed by atoms with van der Waals surface area (Å²) < 4.78 is 4.87. The summed E-state index contributed by atoms with van der Waals surface area (Å²) in [5, 5.41) is 3.44. The molecule has 2 rings (SSSR count). The van der Waals surface area contributed by atoms with E-state index in [4.69, 9.17) is 10.5 Å². The minimum Gasteiger partial charge on any atom is -0.462 e. The maximum atomic E-state index is 12.0. The molecule has 1 aromatic heterocycles. The molecular weight excluding hydrogens is 328 g/mol. The van der Waals surface area contributed by atoms with Gasteiger partial charge in [-0.2, -0.15) is 0 Å². The van der Waals surface area contributed by atoms with E-state index in [1.165, 1.54) is 43.6 Å². The Hall–Kier alpha value is -1.83. The van der Waals surface area contributed by atoms with Crippen molar-refractivity contribution < 1.29 is 14.3 Å². The first-order valence-electron chi connectivity index (χ1n) is 8.32. The van der Waals surface area contributed by atoms with Gasteiger partial charge in [-0.25, -0.2) is 14.8 Å². The summed E-state index contributed by atoms with van der Waals surface area (Å²) >= 11 is 1.20. The first-order valence-corrected chi connectivity index (χ1v) is 9.30. The van der Waals surface area contributed by atoms with E-state index in [-0.39, 0.29) is 35.7 Å². The zero-order chi connectivity index (χ0) is 17.4. The Balaban J connectivity index is 1.83. The summed E-state index contributed by atoms with van der Waals surface area (Å²) in [6.45, 7) is 1.97. The fourth-order valence-corrected chi connectivity index (χ4v) is 3.27. The second-order valence-electron chi connectivity index (χ2n) is 5.72. The van der Waals surface area contributed by atoms with Crippen LogP contribution >= 0.6 is 11.8 Å². The molecule has 1 aliphatic carbocycles. The van der Waals surface area contributed by atoms with Crippen LogP contribution in [0.3, 0.4) is 0 Å². The number of rotatable bonds is 6. The number of amides is 1. The molecule has 0 atom stereocenters. The summed E-state index contributed by atoms with van der Waals surface area (Å²) in [6, 6.07) is 0.276. The number of aromatic nitrogens is 2. The van der Waals surface area contributed by atoms with Crippen LogP contribution in [0.1, 0.15) is 55.8 Å². The second kappa shape index (κ2) is 9.46. The van der Waals surface area contributed by atoms with E-state index in [1.54, 1.807) is 6.92 Å². The number of nitrogen functional groups attached to an aromatic ring is 1. The summed E-state index contributed by atoms with van der Waals surface area (Å²) in [5.41, 5.74) is 5.90. The van der Waals surface area contributed by atoms with Crippen LogP contribution in [-0.2, 0) is 9.53 Å². The van der Waals surface area contributed by atoms with Gasteiger partial charge >= 0.3 is 5.97 Å². The number of anilines is 1. The molecule has 132 valence electrons. The monoisotopic (exact) mass is 352 g/mol. The van der Waals surface area contributed by atoms with Gasteiger partial charge in [0.05, 0.1) is 12.4 Å². The zero-order valence-electron chi connectivity index (χ0n) is 13.9. The lowest BCUT2D eigenvalue weighted by molar-refractivity contribution is -0.119. The number of hydrogen-bond donors (Lipinski definition) is 2. The summed E-state index contributed by atoms with van der Waals surface area (Å²) in [4.78, 5) is 31.8. The van der Waals surface area contributed by atoms with E-state index >= 15 is 0 Å². The van der Waals surface area contributed by atoms with Gasteiger partial charge in [-0.05, 0) is 19.8 Å². The molecule has 0 bridgehead atoms. The molecule has 1 amide bonds. The van der Waals surface area contributed by atoms with Crippen LogP contribution < -0.4 is 11.1 Å². The molecule has 8 heteroatoms. The number of carbonyl (C=O) groups excluding carboxylic acids is 2. The molecule has 1 saturated carbocycles. The van der Waals surface area contributed by atoms with Gasteiger partial charge in [-0.15, -0.1) is 0 Å². The maximum Gasteiger partial charge on any atom is 0.343 e. The lowest BCUT2D eigenvalue weighted by atomic mass is 10.1. The van der Waals surface area contributed by atoms with Gasteiger partial charge < -0.3 is 15.8 Å². The third-order valence-corrected chi connectivity index (χ3v) is 4.71. The van der Waals surface area contributed by atoms with Crippen LogP contribution in [0.2, 0.25) is 0 Å². The SMILES string of the molecule is CCOC(=O)c1cnc(SCC(=O)NC2CCCCCC2)nc1N. The minimum absolute atomic E-state index is 0.0245. The van der Waals surface area contributed by atoms with E-state index in [9.17, 15) is 9.59 Å². The first kappa shape index (κ1) is 18.5. The second-order valence-corrected chi connectivity index (χ2v) is 6.66. The Morgan fingerprint density at radius 2 is 2.04 bits per heavy atom. The van der Waals surface area contributed by atoms with Gasteiger partial charge in [0, 0.05) is 12.2 Å². The Morgan fingerprint density at radius 1 is 1.33 bits per heavy atom. The van der Waals surface area contributed by atoms with Gasteiger partial charge in [0.25, 0.3) is 0 Å². The highest BCUT2D eigenvalue weighted by Crippen LogP contribution is 2.19. The quantitative estimate of drug-likeness (QED) is 0.350. The molecule has 24 heavy (non-hydrogen) atoms. The molecule has 1 fully saturated rings. The van der Waals surface area contributed by atoms with Gasteiger partial charge in [-0.1, -0.05) is 37.4 Å². The highest BCUT2D eigenvalue weighted by molar-refractivity contribution is 7.99. The van der Waals surface area contributed by atoms with Crippen molar-refractivity contribution in [3.63, 3.8) is 0 Å². The molecule has 1 heterocycles. The molecule has 0 saturated heterocycles. The van der Waals surface area contributed by atoms with Gasteiger partial charge in [0.1, 0.15) is 11.4 Å². The Labute approximate surface area is 146 Å². The summed E-state index contributed by atoms with van der Waals surface area (Å²) in [6.07, 6.45) is 8.29. The number of nitrogens with two attached hydrogens (primary N) is 1. The largest absolute Gasteiger partial charge is 0.462 e. The standard InChI is InChI=1S/C16H24N4O3S/c1-2-23-15(22)12-9-18-16(20-14(12)17)24-10-13(21)19-11-7-5-3-4-6-8-11/h9,11H,2-8,10H2,1H3,(H,19,21)(H2,17,18,20). The molecule has 7 nitrogen and oxygen atoms in total. The Bertz CT molecular complexity index is 574. The van der Waals surface area contributed by atoms with E-state index in [1.807, 2.05) is 0 Å². The van der Waals surface area contributed by atoms with Crippen molar-refractivity contribution in [1.82, 2.24) is 15.3 Å². The minimum atomic E-state index is -0.544. The van der Waals surface area contributed by atoms with Crippen molar-refractivity contribution in [3.05, 3.63) is 11.8 Å². The van der Waals surface area contributed by atoms with Crippen molar-refractivity contribution in [2.24, 2.45) is 0 Å². The first-order chi connectivity index (χ1) is 11.6. The lowest BCUT2D eigenvalue weighted by Crippen LogP contribution is -2.35. The number of esters is 1. The number of thioether (sulfide) groups is 1. The van der Waals surface area contributed by atoms with Crippen LogP contribution in [0.15, 0.2) is 11.4 Å². The van der Waals surface area contributed by atoms with Crippen LogP contribution in [0.4, 0.5) is 5.82 Å². The topological polar surface area (TPSA) is 107 Å². The molecule has 1 aromatic rings. The fraction of sp³-hybridized carbons (Fsp3) is 0.625. The summed E-state index contributed by atoms with van der Waals surface area (Å²) in [5.74, 6) is -0.273. The van der Waals surface area contributed by atoms with Crippen molar-refractivity contribution in [1.29, 1.82) is 0 Å². The predicted molar refractivity (Wildman–Crippen MR) is 92.8 cm³/mol. The lowest BCUT2D eigenvalue weighted by Gasteiger charge is -2.15. The fourth-order valence-electron chi connectivity index (χ4n) is 2.64. The van der Waals surface area contributed by atoms with Crippen LogP contribution in [0.25, 0.3) is 0 Å². The molecule has 0 unspecified atom stereocenters. The summed E-state index contributed by atoms with van der Waals surface area (Å²) in [7, 11) is 0. The predicted octanol–water partition coefficient (Wildman–Crippen LogP) is 2.17. The number of nitrogens with one attached hydrogen (secondary N) is 1. The van der Waals surface area contributed by atoms with E-state index < -0.39 is 5.97 Å². The van der Waals surface area contributed by atoms with Crippen LogP contribution in [0.5, 0.6) is 0 Å². The zero-order valence-corrected chi connectivity index (χ0v) is 14.7. The normalized spacial score (nSPS) is 15.5. The highest BCUT2D eigenvalue weighted by atomic mass is 32.2. The molecular formula is C16H24N4O3S. The molecule has 3 N–H and O–H groups in total. The number of nitrogens with zero attached hydrogens (tertiary/aromatic N) is 2. The number of ether oxygens (including phenoxy) is 1. The highest BCUT2D eigenvalue weighted by Gasteiger charge is 2.17. The van der Waals surface area contributed by atoms with E-state index in [2.05, 4.69) is 15.3 Å². The van der Waals surface area contributed by atoms with E-state index in [0.717, 1.165) is 12.8 Å². The van der Waals surface area contributed by atoms with Crippen molar-refractivity contribution in [3.8, 4) is 0 Å². The Kier molecular flexibility index (Phi) is 7.30. The number of carbonyl (C=O) groups is 2. The third-order valence-electron chi connectivity index (χ3n) is 3.84.